The maximum Gasteiger partial charge on any atom is 0.330 e. The van der Waals surface area contributed by atoms with Crippen molar-refractivity contribution >= 4 is 36.6 Å². The van der Waals surface area contributed by atoms with Gasteiger partial charge in [0.15, 0.2) is 0 Å². The van der Waals surface area contributed by atoms with E-state index in [0.29, 0.717) is 6.61 Å². The lowest BCUT2D eigenvalue weighted by molar-refractivity contribution is -0.140. The lowest BCUT2D eigenvalue weighted by Crippen LogP contribution is -2.40. The van der Waals surface area contributed by atoms with Gasteiger partial charge in [0.25, 0.3) is 0 Å². The van der Waals surface area contributed by atoms with E-state index in [4.69, 9.17) is 14.6 Å². The highest BCUT2D eigenvalue weighted by Crippen LogP contribution is 2.28. The van der Waals surface area contributed by atoms with Crippen molar-refractivity contribution < 1.29 is 29.0 Å². The van der Waals surface area contributed by atoms with E-state index in [1.165, 1.54) is 35.3 Å². The van der Waals surface area contributed by atoms with E-state index in [2.05, 4.69) is 56.9 Å². The summed E-state index contributed by atoms with van der Waals surface area (Å²) in [5.41, 5.74) is 6.79. The molecule has 0 aromatic heterocycles. The molecule has 198 valence electrons. The molecule has 36 heavy (non-hydrogen) atoms. The fraction of sp³-hybridized carbons (Fsp3) is 0.393. The lowest BCUT2D eigenvalue weighted by Gasteiger charge is -2.13. The second kappa shape index (κ2) is 17.2. The molecule has 0 aliphatic rings. The van der Waals surface area contributed by atoms with Crippen LogP contribution in [0.15, 0.2) is 47.6 Å². The number of aryl methyl sites for hydroxylation is 1. The molecular weight excluding hydrogens is 478 g/mol. The molecular formula is C28H39NO6S. The van der Waals surface area contributed by atoms with Gasteiger partial charge in [-0.3, -0.25) is 4.79 Å². The van der Waals surface area contributed by atoms with Crippen molar-refractivity contribution in [3.05, 3.63) is 69.8 Å². The first-order valence-corrected chi connectivity index (χ1v) is 12.1. The van der Waals surface area contributed by atoms with Crippen molar-refractivity contribution in [2.24, 2.45) is 0 Å². The highest BCUT2D eigenvalue weighted by molar-refractivity contribution is 7.80. The third kappa shape index (κ3) is 12.4. The van der Waals surface area contributed by atoms with Crippen LogP contribution in [0.2, 0.25) is 0 Å². The van der Waals surface area contributed by atoms with E-state index in [0.717, 1.165) is 16.9 Å². The molecule has 1 aromatic carbocycles. The highest BCUT2D eigenvalue weighted by Gasteiger charge is 2.15. The van der Waals surface area contributed by atoms with E-state index in [1.54, 1.807) is 14.0 Å². The molecule has 2 N–H and O–H groups in total. The molecule has 0 spiro atoms. The van der Waals surface area contributed by atoms with Crippen LogP contribution >= 0.6 is 12.6 Å². The third-order valence-electron chi connectivity index (χ3n) is 5.05. The summed E-state index contributed by atoms with van der Waals surface area (Å²) in [5, 5.41) is 10.6. The Morgan fingerprint density at radius 1 is 1.08 bits per heavy atom. The second-order valence-corrected chi connectivity index (χ2v) is 8.44. The number of hydrogen-bond donors (Lipinski definition) is 3. The molecule has 0 fully saturated rings. The first-order valence-electron chi connectivity index (χ1n) is 11.5. The largest absolute Gasteiger partial charge is 0.496 e. The van der Waals surface area contributed by atoms with Crippen molar-refractivity contribution in [3.63, 3.8) is 0 Å². The Labute approximate surface area is 220 Å². The summed E-state index contributed by atoms with van der Waals surface area (Å²) in [6.45, 7) is 13.7. The first kappa shape index (κ1) is 32.7. The van der Waals surface area contributed by atoms with Crippen molar-refractivity contribution in [2.75, 3.05) is 19.5 Å². The van der Waals surface area contributed by atoms with Crippen LogP contribution in [0.25, 0.3) is 6.08 Å². The summed E-state index contributed by atoms with van der Waals surface area (Å²) in [4.78, 5) is 31.9. The van der Waals surface area contributed by atoms with Crippen LogP contribution in [0.1, 0.15) is 49.9 Å². The lowest BCUT2D eigenvalue weighted by atomic mass is 9.96. The summed E-state index contributed by atoms with van der Waals surface area (Å²) < 4.78 is 10.3. The minimum absolute atomic E-state index is 0.106. The molecule has 1 amide bonds. The third-order valence-corrected chi connectivity index (χ3v) is 5.42. The van der Waals surface area contributed by atoms with Crippen molar-refractivity contribution in [1.29, 1.82) is 0 Å². The van der Waals surface area contributed by atoms with Gasteiger partial charge in [-0.15, -0.1) is 0 Å². The van der Waals surface area contributed by atoms with Gasteiger partial charge >= 0.3 is 11.9 Å². The molecule has 0 aliphatic heterocycles. The number of allylic oxidation sites excluding steroid dienone is 6. The Hall–Kier alpha value is -3.26. The Balaban J connectivity index is 0.00000103. The zero-order valence-electron chi connectivity index (χ0n) is 22.5. The molecule has 8 heteroatoms. The molecule has 7 nitrogen and oxygen atoms in total. The van der Waals surface area contributed by atoms with Crippen LogP contribution in [-0.4, -0.2) is 48.5 Å². The zero-order valence-corrected chi connectivity index (χ0v) is 23.4. The SMILES string of the molecule is CC(=O)N[C@@H](CS)C(=O)O.CCOC(=O)/C=C(C)/C=C/C=C(C)/C=C/c1c(C)cc(OC)c(C)c1C. The summed E-state index contributed by atoms with van der Waals surface area (Å²) >= 11 is 3.73. The number of nitrogens with one attached hydrogen (secondary N) is 1. The smallest absolute Gasteiger partial charge is 0.330 e. The predicted octanol–water partition coefficient (Wildman–Crippen LogP) is 5.15. The van der Waals surface area contributed by atoms with Gasteiger partial charge < -0.3 is 19.9 Å². The summed E-state index contributed by atoms with van der Waals surface area (Å²) in [7, 11) is 1.70. The Morgan fingerprint density at radius 3 is 2.19 bits per heavy atom. The van der Waals surface area contributed by atoms with E-state index < -0.39 is 12.0 Å². The monoisotopic (exact) mass is 517 g/mol. The van der Waals surface area contributed by atoms with Crippen LogP contribution in [0.3, 0.4) is 0 Å². The fourth-order valence-electron chi connectivity index (χ4n) is 3.00. The number of carbonyl (C=O) groups excluding carboxylic acids is 2. The minimum atomic E-state index is -1.06. The molecule has 1 atom stereocenters. The summed E-state index contributed by atoms with van der Waals surface area (Å²) in [5.74, 6) is -0.700. The number of carbonyl (C=O) groups is 3. The standard InChI is InChI=1S/C23H30O3.C5H9NO3S/c1-8-26-23(24)14-17(3)11-9-10-16(2)12-13-21-18(4)15-22(25-7)20(6)19(21)5;1-3(7)6-4(2-10)5(8)9/h9-15H,8H2,1-7H3;4,10H,2H2,1H3,(H,6,7)(H,8,9)/b11-9+,13-12+,16-10+,17-14+;/t;4-/m.0/s1. The Bertz CT molecular complexity index is 1040. The normalized spacial score (nSPS) is 12.7. The number of benzene rings is 1. The Morgan fingerprint density at radius 2 is 1.72 bits per heavy atom. The number of thiol groups is 1. The van der Waals surface area contributed by atoms with Crippen LogP contribution in [0, 0.1) is 20.8 Å². The van der Waals surface area contributed by atoms with Gasteiger partial charge in [-0.25, -0.2) is 9.59 Å². The predicted molar refractivity (Wildman–Crippen MR) is 149 cm³/mol. The maximum absolute atomic E-state index is 11.4. The molecule has 1 rings (SSSR count). The molecule has 0 saturated heterocycles. The quantitative estimate of drug-likeness (QED) is 0.172. The van der Waals surface area contributed by atoms with Crippen LogP contribution < -0.4 is 10.1 Å². The Kier molecular flexibility index (Phi) is 15.7. The molecule has 0 unspecified atom stereocenters. The van der Waals surface area contributed by atoms with Crippen LogP contribution in [-0.2, 0) is 19.1 Å². The highest BCUT2D eigenvalue weighted by atomic mass is 32.1. The van der Waals surface area contributed by atoms with Gasteiger partial charge in [0.1, 0.15) is 11.8 Å². The number of rotatable bonds is 10. The van der Waals surface area contributed by atoms with Gasteiger partial charge in [-0.05, 0) is 75.4 Å². The first-order chi connectivity index (χ1) is 16.9. The average molecular weight is 518 g/mol. The number of aliphatic carboxylic acids is 1. The van der Waals surface area contributed by atoms with Crippen molar-refractivity contribution in [3.8, 4) is 5.75 Å². The number of carboxylic acid groups (broad SMARTS) is 1. The summed E-state index contributed by atoms with van der Waals surface area (Å²) in [6, 6.07) is 1.20. The number of hydrogen-bond acceptors (Lipinski definition) is 6. The maximum atomic E-state index is 11.4. The van der Waals surface area contributed by atoms with Gasteiger partial charge in [0.2, 0.25) is 5.91 Å². The van der Waals surface area contributed by atoms with Gasteiger partial charge in [0.05, 0.1) is 13.7 Å². The van der Waals surface area contributed by atoms with Crippen LogP contribution in [0.5, 0.6) is 5.75 Å². The van der Waals surface area contributed by atoms with E-state index >= 15 is 0 Å². The average Bonchev–Trinajstić information content (AvgIpc) is 2.79. The zero-order chi connectivity index (χ0) is 27.8. The molecule has 0 aliphatic carbocycles. The van der Waals surface area contributed by atoms with Crippen molar-refractivity contribution in [1.82, 2.24) is 5.32 Å². The fourth-order valence-corrected chi connectivity index (χ4v) is 3.25. The van der Waals surface area contributed by atoms with Crippen molar-refractivity contribution in [2.45, 2.75) is 54.5 Å². The molecule has 0 heterocycles. The number of ether oxygens (including phenoxy) is 2. The second-order valence-electron chi connectivity index (χ2n) is 8.08. The van der Waals surface area contributed by atoms with Crippen LogP contribution in [0.4, 0.5) is 0 Å². The number of esters is 1. The van der Waals surface area contributed by atoms with Gasteiger partial charge in [-0.2, -0.15) is 12.6 Å². The molecule has 0 bridgehead atoms. The van der Waals surface area contributed by atoms with E-state index in [-0.39, 0.29) is 17.6 Å². The van der Waals surface area contributed by atoms with Gasteiger partial charge in [0, 0.05) is 18.8 Å². The number of methoxy groups -OCH3 is 1. The molecule has 0 saturated carbocycles. The van der Waals surface area contributed by atoms with Gasteiger partial charge in [-0.1, -0.05) is 36.0 Å². The molecule has 1 aromatic rings. The number of amides is 1. The summed E-state index contributed by atoms with van der Waals surface area (Å²) in [6.07, 6.45) is 11.6. The van der Waals surface area contributed by atoms with E-state index in [1.807, 2.05) is 32.1 Å². The topological polar surface area (TPSA) is 102 Å². The number of carboxylic acids is 1. The van der Waals surface area contributed by atoms with E-state index in [9.17, 15) is 14.4 Å². The molecule has 0 radical (unpaired) electrons. The minimum Gasteiger partial charge on any atom is -0.496 e.